The lowest BCUT2D eigenvalue weighted by atomic mass is 10.0. The van der Waals surface area contributed by atoms with E-state index in [0.29, 0.717) is 11.4 Å². The van der Waals surface area contributed by atoms with Gasteiger partial charge in [0.15, 0.2) is 5.69 Å². The van der Waals surface area contributed by atoms with Gasteiger partial charge in [0.25, 0.3) is 0 Å². The zero-order valence-corrected chi connectivity index (χ0v) is 16.1. The maximum atomic E-state index is 12.8. The van der Waals surface area contributed by atoms with Crippen LogP contribution in [0.5, 0.6) is 0 Å². The molecule has 0 aliphatic heterocycles. The minimum atomic E-state index is -0.624. The van der Waals surface area contributed by atoms with Crippen LogP contribution < -0.4 is 0 Å². The first-order chi connectivity index (χ1) is 13.6. The first-order valence-electron chi connectivity index (χ1n) is 9.16. The summed E-state index contributed by atoms with van der Waals surface area (Å²) in [5.74, 6) is -1.23. The van der Waals surface area contributed by atoms with Gasteiger partial charge in [0.1, 0.15) is 11.3 Å². The largest absolute Gasteiger partial charge is 0.462 e. The van der Waals surface area contributed by atoms with Crippen molar-refractivity contribution in [2.24, 2.45) is 0 Å². The summed E-state index contributed by atoms with van der Waals surface area (Å²) in [6.45, 7) is 5.75. The van der Waals surface area contributed by atoms with Crippen LogP contribution in [-0.2, 0) is 9.47 Å². The molecule has 1 heterocycles. The Balaban J connectivity index is 2.32. The van der Waals surface area contributed by atoms with Crippen LogP contribution in [0.3, 0.4) is 0 Å². The fraction of sp³-hybridized carbons (Fsp3) is 0.227. The molecule has 0 spiro atoms. The summed E-state index contributed by atoms with van der Waals surface area (Å²) in [7, 11) is 0. The van der Waals surface area contributed by atoms with Gasteiger partial charge < -0.3 is 9.47 Å². The lowest BCUT2D eigenvalue weighted by Gasteiger charge is -2.08. The molecule has 0 N–H and O–H groups in total. The van der Waals surface area contributed by atoms with Crippen LogP contribution in [0.15, 0.2) is 54.6 Å². The van der Waals surface area contributed by atoms with Crippen molar-refractivity contribution in [2.45, 2.75) is 20.8 Å². The highest BCUT2D eigenvalue weighted by Crippen LogP contribution is 2.29. The summed E-state index contributed by atoms with van der Waals surface area (Å²) in [6.07, 6.45) is 0. The van der Waals surface area contributed by atoms with Gasteiger partial charge in [-0.05, 0) is 39.0 Å². The normalized spacial score (nSPS) is 10.5. The Morgan fingerprint density at radius 3 is 2.25 bits per heavy atom. The summed E-state index contributed by atoms with van der Waals surface area (Å²) >= 11 is 0. The fourth-order valence-electron chi connectivity index (χ4n) is 2.95. The predicted molar refractivity (Wildman–Crippen MR) is 106 cm³/mol. The average Bonchev–Trinajstić information content (AvgIpc) is 3.10. The molecular weight excluding hydrogens is 356 g/mol. The maximum absolute atomic E-state index is 12.8. The van der Waals surface area contributed by atoms with Crippen LogP contribution in [0.4, 0.5) is 0 Å². The Kier molecular flexibility index (Phi) is 5.89. The Morgan fingerprint density at radius 1 is 0.929 bits per heavy atom. The van der Waals surface area contributed by atoms with E-state index in [4.69, 9.17) is 9.47 Å². The number of rotatable bonds is 6. The molecule has 0 saturated heterocycles. The van der Waals surface area contributed by atoms with Crippen LogP contribution in [0.2, 0.25) is 0 Å². The minimum absolute atomic E-state index is 0.0583. The molecule has 0 saturated carbocycles. The number of para-hydroxylation sites is 1. The number of aromatic nitrogens is 2. The summed E-state index contributed by atoms with van der Waals surface area (Å²) in [4.78, 5) is 25.6. The highest BCUT2D eigenvalue weighted by molar-refractivity contribution is 6.06. The Morgan fingerprint density at radius 2 is 1.61 bits per heavy atom. The van der Waals surface area contributed by atoms with Crippen molar-refractivity contribution in [3.8, 4) is 16.9 Å². The molecule has 6 heteroatoms. The summed E-state index contributed by atoms with van der Waals surface area (Å²) in [6, 6.07) is 16.8. The van der Waals surface area contributed by atoms with E-state index in [1.54, 1.807) is 13.8 Å². The van der Waals surface area contributed by atoms with E-state index in [-0.39, 0.29) is 24.5 Å². The molecule has 0 radical (unpaired) electrons. The van der Waals surface area contributed by atoms with Crippen LogP contribution in [0, 0.1) is 6.92 Å². The second kappa shape index (κ2) is 8.52. The van der Waals surface area contributed by atoms with Crippen molar-refractivity contribution in [2.75, 3.05) is 13.2 Å². The topological polar surface area (TPSA) is 70.4 Å². The molecular formula is C22H22N2O4. The molecule has 0 atom stereocenters. The Bertz CT molecular complexity index is 993. The number of hydrogen-bond acceptors (Lipinski definition) is 5. The summed E-state index contributed by atoms with van der Waals surface area (Å²) in [5.41, 5.74) is 2.93. The van der Waals surface area contributed by atoms with E-state index in [1.165, 1.54) is 4.68 Å². The molecule has 6 nitrogen and oxygen atoms in total. The van der Waals surface area contributed by atoms with Gasteiger partial charge in [-0.25, -0.2) is 14.3 Å². The SMILES string of the molecule is CCOC(=O)c1c(-c2cccc(C)c2)nn(-c2ccccc2)c1C(=O)OCC. The standard InChI is InChI=1S/C22H22N2O4/c1-4-27-21(25)18-19(16-11-9-10-15(3)14-16)23-24(17-12-7-6-8-13-17)20(18)22(26)28-5-2/h6-14H,4-5H2,1-3H3. The highest BCUT2D eigenvalue weighted by atomic mass is 16.5. The highest BCUT2D eigenvalue weighted by Gasteiger charge is 2.31. The third-order valence-electron chi connectivity index (χ3n) is 4.13. The Labute approximate surface area is 163 Å². The average molecular weight is 378 g/mol. The van der Waals surface area contributed by atoms with Gasteiger partial charge in [0.2, 0.25) is 0 Å². The zero-order valence-electron chi connectivity index (χ0n) is 16.1. The second-order valence-electron chi connectivity index (χ2n) is 6.13. The number of carbonyl (C=O) groups is 2. The van der Waals surface area contributed by atoms with Crippen molar-refractivity contribution in [1.82, 2.24) is 9.78 Å². The quantitative estimate of drug-likeness (QED) is 0.601. The molecule has 28 heavy (non-hydrogen) atoms. The first kappa shape index (κ1) is 19.4. The third-order valence-corrected chi connectivity index (χ3v) is 4.13. The van der Waals surface area contributed by atoms with Crippen molar-refractivity contribution in [1.29, 1.82) is 0 Å². The first-order valence-corrected chi connectivity index (χ1v) is 9.16. The summed E-state index contributed by atoms with van der Waals surface area (Å²) in [5, 5.41) is 4.61. The molecule has 2 aromatic carbocycles. The van der Waals surface area contributed by atoms with Crippen LogP contribution in [0.25, 0.3) is 16.9 Å². The molecule has 0 amide bonds. The molecule has 0 fully saturated rings. The van der Waals surface area contributed by atoms with Crippen LogP contribution in [0.1, 0.15) is 40.3 Å². The number of hydrogen-bond donors (Lipinski definition) is 0. The molecule has 1 aromatic heterocycles. The number of benzene rings is 2. The molecule has 3 aromatic rings. The minimum Gasteiger partial charge on any atom is -0.462 e. The number of esters is 2. The lowest BCUT2D eigenvalue weighted by molar-refractivity contribution is 0.0473. The smallest absolute Gasteiger partial charge is 0.357 e. The molecule has 3 rings (SSSR count). The number of carbonyl (C=O) groups excluding carboxylic acids is 2. The van der Waals surface area contributed by atoms with Gasteiger partial charge in [-0.2, -0.15) is 5.10 Å². The van der Waals surface area contributed by atoms with Crippen molar-refractivity contribution in [3.63, 3.8) is 0 Å². The van der Waals surface area contributed by atoms with E-state index < -0.39 is 11.9 Å². The van der Waals surface area contributed by atoms with Gasteiger partial charge in [0, 0.05) is 5.56 Å². The van der Waals surface area contributed by atoms with E-state index >= 15 is 0 Å². The zero-order chi connectivity index (χ0) is 20.1. The lowest BCUT2D eigenvalue weighted by Crippen LogP contribution is -2.17. The van der Waals surface area contributed by atoms with E-state index in [0.717, 1.165) is 11.1 Å². The third kappa shape index (κ3) is 3.81. The number of aryl methyl sites for hydroxylation is 1. The fourth-order valence-corrected chi connectivity index (χ4v) is 2.95. The van der Waals surface area contributed by atoms with Crippen molar-refractivity contribution in [3.05, 3.63) is 71.4 Å². The van der Waals surface area contributed by atoms with Gasteiger partial charge in [-0.3, -0.25) is 0 Å². The maximum Gasteiger partial charge on any atom is 0.357 e. The summed E-state index contributed by atoms with van der Waals surface area (Å²) < 4.78 is 11.9. The van der Waals surface area contributed by atoms with Crippen LogP contribution in [-0.4, -0.2) is 34.9 Å². The number of nitrogens with zero attached hydrogens (tertiary/aromatic N) is 2. The molecule has 0 aliphatic rings. The van der Waals surface area contributed by atoms with Gasteiger partial charge >= 0.3 is 11.9 Å². The molecule has 0 unspecified atom stereocenters. The van der Waals surface area contributed by atoms with E-state index in [9.17, 15) is 9.59 Å². The molecule has 0 aliphatic carbocycles. The van der Waals surface area contributed by atoms with Crippen LogP contribution >= 0.6 is 0 Å². The molecule has 0 bridgehead atoms. The monoisotopic (exact) mass is 378 g/mol. The van der Waals surface area contributed by atoms with E-state index in [2.05, 4.69) is 5.10 Å². The van der Waals surface area contributed by atoms with Crippen molar-refractivity contribution < 1.29 is 19.1 Å². The Hall–Kier alpha value is -3.41. The van der Waals surface area contributed by atoms with E-state index in [1.807, 2.05) is 61.5 Å². The predicted octanol–water partition coefficient (Wildman–Crippen LogP) is 4.20. The van der Waals surface area contributed by atoms with Crippen molar-refractivity contribution >= 4 is 11.9 Å². The second-order valence-corrected chi connectivity index (χ2v) is 6.13. The van der Waals surface area contributed by atoms with Gasteiger partial charge in [-0.1, -0.05) is 42.0 Å². The van der Waals surface area contributed by atoms with Gasteiger partial charge in [0.05, 0.1) is 18.9 Å². The number of ether oxygens (including phenoxy) is 2. The van der Waals surface area contributed by atoms with Gasteiger partial charge in [-0.15, -0.1) is 0 Å². The molecule has 144 valence electrons.